The molecule has 1 aromatic carbocycles. The lowest BCUT2D eigenvalue weighted by molar-refractivity contribution is 0.509. The van der Waals surface area contributed by atoms with Crippen molar-refractivity contribution in [2.75, 3.05) is 5.73 Å². The number of hydrogen-bond donors (Lipinski definition) is 1. The summed E-state index contributed by atoms with van der Waals surface area (Å²) in [4.78, 5) is 24.9. The van der Waals surface area contributed by atoms with Crippen LogP contribution in [0.1, 0.15) is 11.5 Å². The molecule has 170 valence electrons. The van der Waals surface area contributed by atoms with Gasteiger partial charge in [-0.1, -0.05) is 0 Å². The maximum Gasteiger partial charge on any atom is 0.250 e. The maximum absolute atomic E-state index is 14.1. The average Bonchev–Trinajstić information content (AvgIpc) is 3.23. The number of anilines is 1. The zero-order valence-electron chi connectivity index (χ0n) is 17.7. The minimum absolute atomic E-state index is 0.0129. The van der Waals surface area contributed by atoms with Crippen molar-refractivity contribution in [2.24, 2.45) is 7.05 Å². The van der Waals surface area contributed by atoms with E-state index < -0.39 is 17.5 Å². The van der Waals surface area contributed by atoms with Gasteiger partial charge in [-0.05, 0) is 36.4 Å². The van der Waals surface area contributed by atoms with Gasteiger partial charge in [0.05, 0.1) is 23.4 Å². The smallest absolute Gasteiger partial charge is 0.250 e. The van der Waals surface area contributed by atoms with Crippen LogP contribution in [-0.4, -0.2) is 29.1 Å². The number of nitrogens with zero attached hydrogens (tertiary/aromatic N) is 6. The van der Waals surface area contributed by atoms with Crippen molar-refractivity contribution in [3.63, 3.8) is 0 Å². The van der Waals surface area contributed by atoms with Crippen LogP contribution in [0.4, 0.5) is 19.1 Å². The highest BCUT2D eigenvalue weighted by atomic mass is 19.2. The van der Waals surface area contributed by atoms with E-state index in [1.165, 1.54) is 39.5 Å². The van der Waals surface area contributed by atoms with E-state index in [1.54, 1.807) is 19.3 Å². The van der Waals surface area contributed by atoms with E-state index in [-0.39, 0.29) is 46.4 Å². The normalized spacial score (nSPS) is 11.3. The summed E-state index contributed by atoms with van der Waals surface area (Å²) in [6.45, 7) is 0. The number of nitrogens with two attached hydrogens (primary N) is 1. The van der Waals surface area contributed by atoms with E-state index in [4.69, 9.17) is 5.73 Å². The number of rotatable bonds is 4. The van der Waals surface area contributed by atoms with Gasteiger partial charge in [0.1, 0.15) is 5.82 Å². The second kappa shape index (κ2) is 8.10. The van der Waals surface area contributed by atoms with Gasteiger partial charge in [0.25, 0.3) is 0 Å². The zero-order chi connectivity index (χ0) is 24.0. The van der Waals surface area contributed by atoms with Gasteiger partial charge in [0.2, 0.25) is 11.5 Å². The van der Waals surface area contributed by atoms with E-state index in [0.717, 1.165) is 12.1 Å². The Labute approximate surface area is 190 Å². The van der Waals surface area contributed by atoms with Gasteiger partial charge in [0, 0.05) is 36.6 Å². The van der Waals surface area contributed by atoms with Gasteiger partial charge in [-0.15, -0.1) is 5.10 Å². The molecule has 0 amide bonds. The molecular weight excluding hydrogens is 447 g/mol. The predicted octanol–water partition coefficient (Wildman–Crippen LogP) is 3.14. The molecular formula is C23H16F3N7O. The second-order valence-electron chi connectivity index (χ2n) is 7.56. The van der Waals surface area contributed by atoms with Gasteiger partial charge in [0.15, 0.2) is 23.1 Å². The minimum Gasteiger partial charge on any atom is -0.368 e. The molecule has 0 saturated carbocycles. The molecule has 8 nitrogen and oxygen atoms in total. The fourth-order valence-electron chi connectivity index (χ4n) is 3.63. The number of hydrogen-bond acceptors (Lipinski definition) is 6. The molecule has 0 bridgehead atoms. The summed E-state index contributed by atoms with van der Waals surface area (Å²) >= 11 is 0. The highest BCUT2D eigenvalue weighted by molar-refractivity contribution is 5.90. The standard InChI is InChI=1S/C23H16F3N7O/c1-32-11-13(5-7-19(32)34)20-21(12-4-6-14(24)16(26)9-12)30-23(27)33-22(20)29-18(31-33)10-17-15(25)3-2-8-28-17/h2-9,11H,10H2,1H3,(H2,27,30). The van der Waals surface area contributed by atoms with Crippen LogP contribution >= 0.6 is 0 Å². The molecule has 0 radical (unpaired) electrons. The van der Waals surface area contributed by atoms with Crippen molar-refractivity contribution in [1.82, 2.24) is 29.1 Å². The summed E-state index contributed by atoms with van der Waals surface area (Å²) in [5, 5.41) is 4.35. The van der Waals surface area contributed by atoms with Crippen molar-refractivity contribution in [3.8, 4) is 22.4 Å². The molecule has 0 atom stereocenters. The first-order valence-corrected chi connectivity index (χ1v) is 10.1. The number of aromatic nitrogens is 6. The van der Waals surface area contributed by atoms with Crippen molar-refractivity contribution < 1.29 is 13.2 Å². The summed E-state index contributed by atoms with van der Waals surface area (Å²) < 4.78 is 44.4. The van der Waals surface area contributed by atoms with Gasteiger partial charge in [-0.25, -0.2) is 23.1 Å². The van der Waals surface area contributed by atoms with Crippen LogP contribution in [0.15, 0.2) is 59.7 Å². The van der Waals surface area contributed by atoms with Crippen LogP contribution in [-0.2, 0) is 13.5 Å². The number of pyridine rings is 2. The first-order valence-electron chi connectivity index (χ1n) is 10.1. The van der Waals surface area contributed by atoms with E-state index in [0.29, 0.717) is 11.1 Å². The number of fused-ring (bicyclic) bond motifs is 1. The van der Waals surface area contributed by atoms with Crippen LogP contribution in [0, 0.1) is 17.5 Å². The van der Waals surface area contributed by atoms with Gasteiger partial charge in [-0.2, -0.15) is 4.52 Å². The van der Waals surface area contributed by atoms with Gasteiger partial charge < -0.3 is 10.3 Å². The van der Waals surface area contributed by atoms with Crippen LogP contribution in [0.3, 0.4) is 0 Å². The quantitative estimate of drug-likeness (QED) is 0.439. The monoisotopic (exact) mass is 463 g/mol. The Morgan fingerprint density at radius 1 is 0.971 bits per heavy atom. The highest BCUT2D eigenvalue weighted by Gasteiger charge is 2.22. The summed E-state index contributed by atoms with van der Waals surface area (Å²) in [5.74, 6) is -2.42. The SMILES string of the molecule is Cn1cc(-c2c(-c3ccc(F)c(F)c3)nc(N)n3nc(Cc4ncccc4F)nc23)ccc1=O. The molecule has 0 aliphatic rings. The molecule has 0 unspecified atom stereocenters. The number of halogens is 3. The molecule has 2 N–H and O–H groups in total. The van der Waals surface area contributed by atoms with Crippen LogP contribution < -0.4 is 11.3 Å². The summed E-state index contributed by atoms with van der Waals surface area (Å²) in [6, 6.07) is 9.02. The lowest BCUT2D eigenvalue weighted by Gasteiger charge is -2.13. The second-order valence-corrected chi connectivity index (χ2v) is 7.56. The maximum atomic E-state index is 14.1. The molecule has 0 aliphatic heterocycles. The van der Waals surface area contributed by atoms with Crippen molar-refractivity contribution >= 4 is 11.6 Å². The fourth-order valence-corrected chi connectivity index (χ4v) is 3.63. The van der Waals surface area contributed by atoms with E-state index in [1.807, 2.05) is 0 Å². The van der Waals surface area contributed by atoms with E-state index in [2.05, 4.69) is 20.1 Å². The molecule has 4 heterocycles. The molecule has 4 aromatic heterocycles. The van der Waals surface area contributed by atoms with Gasteiger partial charge >= 0.3 is 0 Å². The van der Waals surface area contributed by atoms with Crippen LogP contribution in [0.2, 0.25) is 0 Å². The third-order valence-electron chi connectivity index (χ3n) is 5.28. The lowest BCUT2D eigenvalue weighted by atomic mass is 10.0. The Balaban J connectivity index is 1.78. The van der Waals surface area contributed by atoms with Crippen molar-refractivity contribution in [2.45, 2.75) is 6.42 Å². The summed E-state index contributed by atoms with van der Waals surface area (Å²) in [5.41, 5.74) is 7.65. The molecule has 0 aliphatic carbocycles. The Bertz CT molecular complexity index is 1630. The van der Waals surface area contributed by atoms with Crippen LogP contribution in [0.25, 0.3) is 28.0 Å². The first-order chi connectivity index (χ1) is 16.3. The number of benzene rings is 1. The molecule has 34 heavy (non-hydrogen) atoms. The minimum atomic E-state index is -1.06. The van der Waals surface area contributed by atoms with Crippen molar-refractivity contribution in [3.05, 3.63) is 94.2 Å². The van der Waals surface area contributed by atoms with E-state index in [9.17, 15) is 18.0 Å². The first kappa shape index (κ1) is 21.3. The van der Waals surface area contributed by atoms with Crippen LogP contribution in [0.5, 0.6) is 0 Å². The number of aryl methyl sites for hydroxylation is 1. The van der Waals surface area contributed by atoms with E-state index >= 15 is 0 Å². The molecule has 0 spiro atoms. The zero-order valence-corrected chi connectivity index (χ0v) is 17.7. The fraction of sp³-hybridized carbons (Fsp3) is 0.0870. The molecule has 5 rings (SSSR count). The van der Waals surface area contributed by atoms with Crippen molar-refractivity contribution in [1.29, 1.82) is 0 Å². The molecule has 5 aromatic rings. The Hall–Kier alpha value is -4.54. The third kappa shape index (κ3) is 3.66. The predicted molar refractivity (Wildman–Crippen MR) is 118 cm³/mol. The Morgan fingerprint density at radius 2 is 1.76 bits per heavy atom. The Morgan fingerprint density at radius 3 is 2.50 bits per heavy atom. The Kier molecular flexibility index (Phi) is 5.08. The molecule has 11 heteroatoms. The topological polar surface area (TPSA) is 104 Å². The summed E-state index contributed by atoms with van der Waals surface area (Å²) in [7, 11) is 1.57. The van der Waals surface area contributed by atoms with Gasteiger partial charge in [-0.3, -0.25) is 9.78 Å². The molecule has 0 saturated heterocycles. The highest BCUT2D eigenvalue weighted by Crippen LogP contribution is 2.35. The third-order valence-corrected chi connectivity index (χ3v) is 5.28. The number of nitrogen functional groups attached to an aromatic ring is 1. The largest absolute Gasteiger partial charge is 0.368 e. The lowest BCUT2D eigenvalue weighted by Crippen LogP contribution is -2.14. The molecule has 0 fully saturated rings. The average molecular weight is 463 g/mol. The summed E-state index contributed by atoms with van der Waals surface area (Å²) in [6.07, 6.45) is 3.01.